The number of rotatable bonds is 15. The lowest BCUT2D eigenvalue weighted by Crippen LogP contribution is -2.31. The van der Waals surface area contributed by atoms with E-state index in [0.29, 0.717) is 0 Å². The summed E-state index contributed by atoms with van der Waals surface area (Å²) in [5, 5.41) is -0.340. The van der Waals surface area contributed by atoms with E-state index in [1.165, 1.54) is 0 Å². The van der Waals surface area contributed by atoms with Crippen molar-refractivity contribution < 1.29 is 61.7 Å². The van der Waals surface area contributed by atoms with Gasteiger partial charge in [-0.15, -0.1) is 5.06 Å². The van der Waals surface area contributed by atoms with Gasteiger partial charge in [-0.3, -0.25) is 9.59 Å². The average molecular weight is 385 g/mol. The van der Waals surface area contributed by atoms with Gasteiger partial charge in [0.15, 0.2) is 0 Å². The molecule has 0 aliphatic carbocycles. The lowest BCUT2D eigenvalue weighted by atomic mass is 10.0. The minimum absolute atomic E-state index is 0.340. The first-order chi connectivity index (χ1) is 23.8. The first-order valence-corrected chi connectivity index (χ1v) is 6.40. The maximum absolute atomic E-state index is 12.6. The van der Waals surface area contributed by atoms with Crippen LogP contribution in [0.15, 0.2) is 0 Å². The molecule has 0 saturated carbocycles. The summed E-state index contributed by atoms with van der Waals surface area (Å²) in [7, 11) is 0. The van der Waals surface area contributed by atoms with Crippen LogP contribution in [0.1, 0.15) is 151 Å². The van der Waals surface area contributed by atoms with Gasteiger partial charge in [-0.05, 0) is 6.37 Å². The van der Waals surface area contributed by atoms with E-state index in [-0.39, 0.29) is 5.06 Å². The van der Waals surface area contributed by atoms with Crippen molar-refractivity contribution in [2.24, 2.45) is 0 Å². The fourth-order valence-electron chi connectivity index (χ4n) is 1.19. The lowest BCUT2D eigenvalue weighted by molar-refractivity contribution is -0.197. The number of carbonyl (C=O) groups is 3. The summed E-state index contributed by atoms with van der Waals surface area (Å²) in [6.07, 6.45) is -70.5. The van der Waals surface area contributed by atoms with Crippen LogP contribution < -0.4 is 0 Å². The SMILES string of the molecule is [2H]C([2H])([2H])C([2H])([2H])C([2H])([2H])C([2H])([2H])C([2H])([2H])C([2H])([2H])C([2H])([2H])C([2H])([2H])C([2H])([2H])C([2H])([2H])C([2H])([2H])C([2H])([2H])C([2H])([2H])C([2H])([2H])C([2H])([2H])C(=O)ON1C(=O)CCC1=O. The summed E-state index contributed by atoms with van der Waals surface area (Å²) >= 11 is 0. The molecule has 2 amide bonds. The molecule has 1 saturated heterocycles. The number of carbonyl (C=O) groups excluding carboxylic acids is 3. The highest BCUT2D eigenvalue weighted by atomic mass is 16.7. The van der Waals surface area contributed by atoms with Gasteiger partial charge in [0.2, 0.25) is 0 Å². The second-order valence-electron chi connectivity index (χ2n) is 3.71. The van der Waals surface area contributed by atoms with Crippen molar-refractivity contribution in [1.82, 2.24) is 5.06 Å². The van der Waals surface area contributed by atoms with Gasteiger partial charge in [-0.1, -0.05) is 83.3 Å². The third kappa shape index (κ3) is 10.3. The Balaban J connectivity index is 3.95. The Morgan fingerprint density at radius 3 is 1.80 bits per heavy atom. The summed E-state index contributed by atoms with van der Waals surface area (Å²) in [6, 6.07) is 0. The minimum atomic E-state index is -5.19. The van der Waals surface area contributed by atoms with Crippen molar-refractivity contribution in [1.29, 1.82) is 0 Å². The summed E-state index contributed by atoms with van der Waals surface area (Å²) in [5.74, 6) is -5.12. The molecule has 1 aliphatic heterocycles. The molecule has 1 rings (SSSR count). The van der Waals surface area contributed by atoms with E-state index < -0.39 is 127 Å². The predicted octanol–water partition coefficient (Wildman–Crippen LogP) is 5.07. The molecule has 144 valence electrons. The van der Waals surface area contributed by atoms with Crippen molar-refractivity contribution in [3.63, 3.8) is 0 Å². The Kier molecular flexibility index (Phi) is 2.24. The Morgan fingerprint density at radius 2 is 1.32 bits per heavy atom. The number of nitrogens with zero attached hydrogens (tertiary/aromatic N) is 1. The number of imide groups is 1. The molecule has 1 heterocycles. The van der Waals surface area contributed by atoms with Crippen LogP contribution in [0.4, 0.5) is 0 Å². The van der Waals surface area contributed by atoms with Crippen LogP contribution in [0, 0.1) is 0 Å². The highest BCUT2D eigenvalue weighted by Gasteiger charge is 2.32. The highest BCUT2D eigenvalue weighted by molar-refractivity contribution is 6.01. The van der Waals surface area contributed by atoms with Crippen molar-refractivity contribution >= 4 is 17.8 Å². The third-order valence-corrected chi connectivity index (χ3v) is 2.09. The molecule has 0 aromatic heterocycles. The van der Waals surface area contributed by atoms with Crippen LogP contribution in [0.2, 0.25) is 0 Å². The van der Waals surface area contributed by atoms with Crippen molar-refractivity contribution in [2.75, 3.05) is 0 Å². The molecule has 5 nitrogen and oxygen atoms in total. The maximum Gasteiger partial charge on any atom is 0.333 e. The zero-order valence-electron chi connectivity index (χ0n) is 43.5. The molecule has 1 fully saturated rings. The topological polar surface area (TPSA) is 63.7 Å². The average Bonchev–Trinajstić information content (AvgIpc) is 3.31. The molecule has 0 spiro atoms. The van der Waals surface area contributed by atoms with Crippen molar-refractivity contribution in [3.05, 3.63) is 0 Å². The van der Waals surface area contributed by atoms with E-state index in [4.69, 9.17) is 42.5 Å². The molecule has 0 aromatic carbocycles. The van der Waals surface area contributed by atoms with E-state index in [0.717, 1.165) is 0 Å². The quantitative estimate of drug-likeness (QED) is 0.370. The number of hydroxylamine groups is 2. The molecule has 0 atom stereocenters. The van der Waals surface area contributed by atoms with Crippen LogP contribution in [-0.4, -0.2) is 22.8 Å². The van der Waals surface area contributed by atoms with Gasteiger partial charge in [-0.25, -0.2) is 4.79 Å². The van der Waals surface area contributed by atoms with Crippen molar-refractivity contribution in [3.8, 4) is 0 Å². The lowest BCUT2D eigenvalue weighted by Gasteiger charge is -2.12. The Labute approximate surface area is 196 Å². The third-order valence-electron chi connectivity index (χ3n) is 2.09. The Hall–Kier alpha value is -1.39. The molecule has 0 N–H and O–H groups in total. The van der Waals surface area contributed by atoms with Crippen LogP contribution in [0.3, 0.4) is 0 Å². The van der Waals surface area contributed by atoms with Crippen LogP contribution in [-0.2, 0) is 19.2 Å². The summed E-state index contributed by atoms with van der Waals surface area (Å²) in [6.45, 7) is -4.13. The molecule has 5 heteroatoms. The zero-order chi connectivity index (χ0) is 45.9. The molecule has 0 radical (unpaired) electrons. The largest absolute Gasteiger partial charge is 0.333 e. The summed E-state index contributed by atoms with van der Waals surface area (Å²) in [4.78, 5) is 40.5. The van der Waals surface area contributed by atoms with Crippen LogP contribution in [0.5, 0.6) is 0 Å². The monoisotopic (exact) mass is 384 g/mol. The van der Waals surface area contributed by atoms with Gasteiger partial charge in [0, 0.05) is 61.7 Å². The molecule has 1 aliphatic rings. The predicted molar refractivity (Wildman–Crippen MR) is 97.5 cm³/mol. The molecular formula is C20H35NO4. The van der Waals surface area contributed by atoms with Gasteiger partial charge >= 0.3 is 5.97 Å². The minimum Gasteiger partial charge on any atom is -0.330 e. The number of hydrogen-bond acceptors (Lipinski definition) is 4. The van der Waals surface area contributed by atoms with E-state index in [2.05, 4.69) is 4.84 Å². The van der Waals surface area contributed by atoms with Gasteiger partial charge in [0.1, 0.15) is 0 Å². The van der Waals surface area contributed by atoms with Gasteiger partial charge in [0.25, 0.3) is 11.8 Å². The molecule has 25 heavy (non-hydrogen) atoms. The maximum atomic E-state index is 12.6. The van der Waals surface area contributed by atoms with Gasteiger partial charge in [-0.2, -0.15) is 0 Å². The molecular weight excluding hydrogens is 318 g/mol. The molecule has 0 bridgehead atoms. The smallest absolute Gasteiger partial charge is 0.330 e. The second kappa shape index (κ2) is 13.9. The molecule has 0 aromatic rings. The van der Waals surface area contributed by atoms with Gasteiger partial charge in [0.05, 0.1) is 0 Å². The fraction of sp³-hybridized carbons (Fsp3) is 0.850. The summed E-state index contributed by atoms with van der Waals surface area (Å²) in [5.41, 5.74) is 0. The highest BCUT2D eigenvalue weighted by Crippen LogP contribution is 2.15. The number of amides is 2. The Bertz CT molecular complexity index is 1540. The fourth-order valence-corrected chi connectivity index (χ4v) is 1.19. The first-order valence-electron chi connectivity index (χ1n) is 21.9. The first kappa shape index (κ1) is 4.05. The van der Waals surface area contributed by atoms with E-state index in [9.17, 15) is 14.4 Å². The molecule has 0 unspecified atom stereocenters. The van der Waals surface area contributed by atoms with Crippen LogP contribution in [0.25, 0.3) is 0 Å². The zero-order valence-corrected chi connectivity index (χ0v) is 12.5. The van der Waals surface area contributed by atoms with Crippen LogP contribution >= 0.6 is 0 Å². The van der Waals surface area contributed by atoms with E-state index in [1.807, 2.05) is 0 Å². The normalized spacial score (nSPS) is 41.3. The second-order valence-corrected chi connectivity index (χ2v) is 3.71. The van der Waals surface area contributed by atoms with Gasteiger partial charge < -0.3 is 4.84 Å². The standard InChI is InChI=1S/C20H35NO4/c1-2-3-4-5-6-7-8-9-10-11-12-13-14-15-20(24)25-21-18(22)16-17-19(21)23/h2-17H2,1H3/i1D3,2D2,3D2,4D2,5D2,6D2,7D2,8D2,9D2,10D2,11D2,12D2,13D2,14D2,15D2. The summed E-state index contributed by atoms with van der Waals surface area (Å²) < 4.78 is 248. The number of hydrogen-bond donors (Lipinski definition) is 0. The Morgan fingerprint density at radius 1 is 0.880 bits per heavy atom. The van der Waals surface area contributed by atoms with Crippen molar-refractivity contribution in [2.45, 2.75) is 109 Å². The van der Waals surface area contributed by atoms with E-state index in [1.54, 1.807) is 0 Å². The van der Waals surface area contributed by atoms with E-state index >= 15 is 0 Å².